The van der Waals surface area contributed by atoms with E-state index in [0.717, 1.165) is 17.6 Å². The maximum Gasteiger partial charge on any atom is 0.144 e. The zero-order valence-electron chi connectivity index (χ0n) is 10.7. The number of fused-ring (bicyclic) bond motifs is 1. The van der Waals surface area contributed by atoms with Crippen molar-refractivity contribution in [3.8, 4) is 0 Å². The molecule has 3 aliphatic carbocycles. The Hall–Kier alpha value is -1.07. The van der Waals surface area contributed by atoms with Crippen molar-refractivity contribution in [1.29, 1.82) is 0 Å². The second-order valence-electron chi connectivity index (χ2n) is 6.07. The topological polar surface area (TPSA) is 17.1 Å². The second kappa shape index (κ2) is 3.21. The van der Waals surface area contributed by atoms with E-state index in [1.807, 2.05) is 0 Å². The van der Waals surface area contributed by atoms with Crippen molar-refractivity contribution < 1.29 is 4.79 Å². The lowest BCUT2D eigenvalue weighted by Crippen LogP contribution is -2.53. The molecule has 0 aromatic carbocycles. The molecular formula is C15H20O. The van der Waals surface area contributed by atoms with Crippen LogP contribution < -0.4 is 0 Å². The standard InChI is InChI=1S/C15H20O/c1-10(2)8-13(16)15-9-12(11(15)3)6-7-14(15,4)5/h7,10H,3,8-9H2,1-2,4-5H3/t15-/m1/s1. The molecular weight excluding hydrogens is 196 g/mol. The van der Waals surface area contributed by atoms with Crippen LogP contribution in [0.4, 0.5) is 0 Å². The van der Waals surface area contributed by atoms with E-state index in [9.17, 15) is 4.79 Å². The van der Waals surface area contributed by atoms with Crippen LogP contribution in [0.3, 0.4) is 0 Å². The second-order valence-corrected chi connectivity index (χ2v) is 6.07. The fourth-order valence-corrected chi connectivity index (χ4v) is 2.95. The Labute approximate surface area is 97.9 Å². The molecule has 1 heteroatoms. The van der Waals surface area contributed by atoms with Gasteiger partial charge in [-0.05, 0) is 29.6 Å². The molecule has 1 nitrogen and oxygen atoms in total. The molecule has 0 aliphatic heterocycles. The van der Waals surface area contributed by atoms with Crippen LogP contribution in [0, 0.1) is 16.7 Å². The van der Waals surface area contributed by atoms with Crippen LogP contribution in [0.2, 0.25) is 0 Å². The van der Waals surface area contributed by atoms with E-state index in [2.05, 4.69) is 46.1 Å². The maximum absolute atomic E-state index is 12.5. The van der Waals surface area contributed by atoms with Crippen molar-refractivity contribution in [2.24, 2.45) is 16.7 Å². The summed E-state index contributed by atoms with van der Waals surface area (Å²) in [5, 5.41) is 0. The van der Waals surface area contributed by atoms with Gasteiger partial charge in [-0.15, -0.1) is 5.73 Å². The Morgan fingerprint density at radius 3 is 2.62 bits per heavy atom. The number of hydrogen-bond acceptors (Lipinski definition) is 1. The fourth-order valence-electron chi connectivity index (χ4n) is 2.95. The Balaban J connectivity index is 2.38. The van der Waals surface area contributed by atoms with Crippen molar-refractivity contribution >= 4 is 5.78 Å². The van der Waals surface area contributed by atoms with E-state index in [0.29, 0.717) is 18.1 Å². The first-order valence-electron chi connectivity index (χ1n) is 6.01. The Morgan fingerprint density at radius 1 is 1.56 bits per heavy atom. The van der Waals surface area contributed by atoms with Gasteiger partial charge < -0.3 is 0 Å². The van der Waals surface area contributed by atoms with Crippen LogP contribution in [0.1, 0.15) is 40.5 Å². The summed E-state index contributed by atoms with van der Waals surface area (Å²) in [7, 11) is 0. The van der Waals surface area contributed by atoms with Crippen molar-refractivity contribution in [2.75, 3.05) is 0 Å². The summed E-state index contributed by atoms with van der Waals surface area (Å²) in [4.78, 5) is 12.5. The molecule has 0 saturated heterocycles. The monoisotopic (exact) mass is 216 g/mol. The average Bonchev–Trinajstić information content (AvgIpc) is 2.13. The Kier molecular flexibility index (Phi) is 2.29. The summed E-state index contributed by atoms with van der Waals surface area (Å²) in [5.74, 6) is 0.781. The predicted octanol–water partition coefficient (Wildman–Crippen LogP) is 3.67. The summed E-state index contributed by atoms with van der Waals surface area (Å²) in [6.07, 6.45) is 3.56. The highest BCUT2D eigenvalue weighted by molar-refractivity contribution is 5.94. The molecule has 0 heterocycles. The smallest absolute Gasteiger partial charge is 0.144 e. The molecule has 2 bridgehead atoms. The third-order valence-corrected chi connectivity index (χ3v) is 4.10. The summed E-state index contributed by atoms with van der Waals surface area (Å²) >= 11 is 0. The van der Waals surface area contributed by atoms with Crippen molar-refractivity contribution in [3.05, 3.63) is 29.5 Å². The quantitative estimate of drug-likeness (QED) is 0.658. The zero-order valence-corrected chi connectivity index (χ0v) is 10.7. The zero-order chi connectivity index (χ0) is 12.1. The number of allylic oxidation sites excluding steroid dienone is 2. The molecule has 0 aromatic rings. The Morgan fingerprint density at radius 2 is 2.19 bits per heavy atom. The molecule has 0 amide bonds. The maximum atomic E-state index is 12.5. The van der Waals surface area contributed by atoms with Gasteiger partial charge in [-0.25, -0.2) is 0 Å². The molecule has 0 N–H and O–H groups in total. The van der Waals surface area contributed by atoms with E-state index in [4.69, 9.17) is 0 Å². The molecule has 1 saturated carbocycles. The first-order chi connectivity index (χ1) is 7.31. The van der Waals surface area contributed by atoms with Crippen LogP contribution >= 0.6 is 0 Å². The summed E-state index contributed by atoms with van der Waals surface area (Å²) in [6.45, 7) is 12.5. The van der Waals surface area contributed by atoms with Gasteiger partial charge in [0.1, 0.15) is 5.78 Å². The van der Waals surface area contributed by atoms with E-state index in [-0.39, 0.29) is 10.8 Å². The summed E-state index contributed by atoms with van der Waals surface area (Å²) in [5.41, 5.74) is 4.98. The number of hydrogen-bond donors (Lipinski definition) is 0. The summed E-state index contributed by atoms with van der Waals surface area (Å²) < 4.78 is 0. The first-order valence-corrected chi connectivity index (χ1v) is 6.01. The SMILES string of the molecule is C=C1C2=C=CC(C)(C)[C@]1(C(=O)CC(C)C)C2. The molecule has 0 unspecified atom stereocenters. The van der Waals surface area contributed by atoms with E-state index < -0.39 is 0 Å². The fraction of sp³-hybridized carbons (Fsp3) is 0.600. The molecule has 0 radical (unpaired) electrons. The van der Waals surface area contributed by atoms with E-state index in [1.54, 1.807) is 0 Å². The number of Topliss-reactive ketones (excluding diaryl/α,β-unsaturated/α-hetero) is 1. The van der Waals surface area contributed by atoms with Crippen molar-refractivity contribution in [3.63, 3.8) is 0 Å². The minimum atomic E-state index is -0.322. The molecule has 0 aromatic heterocycles. The molecule has 86 valence electrons. The third kappa shape index (κ3) is 1.21. The lowest BCUT2D eigenvalue weighted by molar-refractivity contribution is -0.133. The highest BCUT2D eigenvalue weighted by Gasteiger charge is 2.60. The van der Waals surface area contributed by atoms with Crippen molar-refractivity contribution in [1.82, 2.24) is 0 Å². The molecule has 0 spiro atoms. The minimum Gasteiger partial charge on any atom is -0.299 e. The molecule has 1 atom stereocenters. The molecule has 3 aliphatic rings. The minimum absolute atomic E-state index is 0.127. The predicted molar refractivity (Wildman–Crippen MR) is 66.0 cm³/mol. The average molecular weight is 216 g/mol. The van der Waals surface area contributed by atoms with Gasteiger partial charge in [0.2, 0.25) is 0 Å². The van der Waals surface area contributed by atoms with Crippen LogP contribution in [0.15, 0.2) is 29.5 Å². The summed E-state index contributed by atoms with van der Waals surface area (Å²) in [6, 6.07) is 0. The molecule has 1 fully saturated rings. The number of ketones is 1. The lowest BCUT2D eigenvalue weighted by atomic mass is 9.45. The van der Waals surface area contributed by atoms with Gasteiger partial charge in [-0.1, -0.05) is 34.3 Å². The lowest BCUT2D eigenvalue weighted by Gasteiger charge is -2.55. The third-order valence-electron chi connectivity index (χ3n) is 4.10. The van der Waals surface area contributed by atoms with Gasteiger partial charge >= 0.3 is 0 Å². The van der Waals surface area contributed by atoms with Crippen LogP contribution in [-0.2, 0) is 4.79 Å². The first kappa shape index (κ1) is 11.4. The largest absolute Gasteiger partial charge is 0.299 e. The molecule has 16 heavy (non-hydrogen) atoms. The van der Waals surface area contributed by atoms with Crippen LogP contribution in [-0.4, -0.2) is 5.78 Å². The van der Waals surface area contributed by atoms with Crippen LogP contribution in [0.5, 0.6) is 0 Å². The highest BCUT2D eigenvalue weighted by atomic mass is 16.1. The van der Waals surface area contributed by atoms with Gasteiger partial charge in [0.25, 0.3) is 0 Å². The number of carbonyl (C=O) groups excluding carboxylic acids is 1. The van der Waals surface area contributed by atoms with Gasteiger partial charge in [0.05, 0.1) is 5.41 Å². The number of carbonyl (C=O) groups is 1. The molecule has 3 rings (SSSR count). The van der Waals surface area contributed by atoms with Gasteiger partial charge in [0.15, 0.2) is 0 Å². The van der Waals surface area contributed by atoms with E-state index in [1.165, 1.54) is 0 Å². The van der Waals surface area contributed by atoms with Gasteiger partial charge in [-0.2, -0.15) is 0 Å². The van der Waals surface area contributed by atoms with Gasteiger partial charge in [0, 0.05) is 11.8 Å². The van der Waals surface area contributed by atoms with Gasteiger partial charge in [-0.3, -0.25) is 4.79 Å². The Bertz CT molecular complexity index is 430. The normalized spacial score (nSPS) is 30.1. The highest BCUT2D eigenvalue weighted by Crippen LogP contribution is 2.63. The van der Waals surface area contributed by atoms with E-state index >= 15 is 0 Å². The number of rotatable bonds is 3. The van der Waals surface area contributed by atoms with Crippen LogP contribution in [0.25, 0.3) is 0 Å². The van der Waals surface area contributed by atoms with Crippen molar-refractivity contribution in [2.45, 2.75) is 40.5 Å².